The van der Waals surface area contributed by atoms with Gasteiger partial charge in [0.2, 0.25) is 0 Å². The van der Waals surface area contributed by atoms with Gasteiger partial charge in [-0.1, -0.05) is 13.8 Å². The highest BCUT2D eigenvalue weighted by Gasteiger charge is 2.25. The standard InChI is InChI=1S/C14H26N4O/c1-10(2)15-8-13-11(3)16-18(5)14(13)17(4)12-6-7-19-9-12/h10,12,15H,6-9H2,1-5H3. The van der Waals surface area contributed by atoms with Crippen molar-refractivity contribution >= 4 is 5.82 Å². The van der Waals surface area contributed by atoms with Crippen molar-refractivity contribution in [2.75, 3.05) is 25.2 Å². The molecular weight excluding hydrogens is 240 g/mol. The first-order chi connectivity index (χ1) is 9.00. The molecule has 108 valence electrons. The van der Waals surface area contributed by atoms with E-state index in [1.807, 2.05) is 11.7 Å². The minimum atomic E-state index is 0.465. The molecule has 1 atom stereocenters. The molecule has 0 amide bonds. The van der Waals surface area contributed by atoms with E-state index in [0.29, 0.717) is 12.1 Å². The van der Waals surface area contributed by atoms with Crippen LogP contribution in [-0.4, -0.2) is 42.1 Å². The number of nitrogens with zero attached hydrogens (tertiary/aromatic N) is 3. The van der Waals surface area contributed by atoms with E-state index in [0.717, 1.165) is 31.9 Å². The van der Waals surface area contributed by atoms with E-state index in [2.05, 4.69) is 43.1 Å². The summed E-state index contributed by atoms with van der Waals surface area (Å²) in [7, 11) is 4.17. The van der Waals surface area contributed by atoms with E-state index < -0.39 is 0 Å². The number of ether oxygens (including phenoxy) is 1. The van der Waals surface area contributed by atoms with E-state index in [1.165, 1.54) is 11.4 Å². The maximum atomic E-state index is 5.50. The van der Waals surface area contributed by atoms with Gasteiger partial charge >= 0.3 is 0 Å². The fourth-order valence-electron chi connectivity index (χ4n) is 2.64. The molecule has 2 heterocycles. The topological polar surface area (TPSA) is 42.3 Å². The fourth-order valence-corrected chi connectivity index (χ4v) is 2.64. The first-order valence-electron chi connectivity index (χ1n) is 7.07. The number of hydrogen-bond donors (Lipinski definition) is 1. The molecule has 0 aromatic carbocycles. The van der Waals surface area contributed by atoms with Gasteiger partial charge in [0.25, 0.3) is 0 Å². The second-order valence-corrected chi connectivity index (χ2v) is 5.68. The van der Waals surface area contributed by atoms with Gasteiger partial charge in [0.05, 0.1) is 18.3 Å². The van der Waals surface area contributed by atoms with Gasteiger partial charge in [0, 0.05) is 38.9 Å². The van der Waals surface area contributed by atoms with Crippen LogP contribution in [0.3, 0.4) is 0 Å². The zero-order chi connectivity index (χ0) is 14.0. The van der Waals surface area contributed by atoms with Gasteiger partial charge in [-0.25, -0.2) is 0 Å². The molecule has 1 aliphatic rings. The lowest BCUT2D eigenvalue weighted by atomic mass is 10.1. The molecule has 2 rings (SSSR count). The van der Waals surface area contributed by atoms with Gasteiger partial charge in [-0.3, -0.25) is 4.68 Å². The van der Waals surface area contributed by atoms with Crippen LogP contribution < -0.4 is 10.2 Å². The summed E-state index contributed by atoms with van der Waals surface area (Å²) >= 11 is 0. The third-order valence-corrected chi connectivity index (χ3v) is 3.79. The maximum absolute atomic E-state index is 5.50. The third kappa shape index (κ3) is 3.09. The van der Waals surface area contributed by atoms with Crippen molar-refractivity contribution < 1.29 is 4.74 Å². The first-order valence-corrected chi connectivity index (χ1v) is 7.07. The van der Waals surface area contributed by atoms with Crippen molar-refractivity contribution in [2.24, 2.45) is 7.05 Å². The van der Waals surface area contributed by atoms with Crippen LogP contribution in [0.15, 0.2) is 0 Å². The Kier molecular flexibility index (Phi) is 4.47. The van der Waals surface area contributed by atoms with Gasteiger partial charge in [-0.05, 0) is 13.3 Å². The number of rotatable bonds is 5. The molecule has 0 radical (unpaired) electrons. The van der Waals surface area contributed by atoms with Gasteiger partial charge in [0.1, 0.15) is 5.82 Å². The molecule has 1 aliphatic heterocycles. The molecule has 1 fully saturated rings. The average molecular weight is 266 g/mol. The molecule has 1 aromatic heterocycles. The Morgan fingerprint density at radius 1 is 1.53 bits per heavy atom. The minimum absolute atomic E-state index is 0.465. The monoisotopic (exact) mass is 266 g/mol. The Bertz CT molecular complexity index is 421. The van der Waals surface area contributed by atoms with Crippen molar-refractivity contribution in [2.45, 2.75) is 45.8 Å². The van der Waals surface area contributed by atoms with Crippen molar-refractivity contribution in [1.29, 1.82) is 0 Å². The largest absolute Gasteiger partial charge is 0.379 e. The molecule has 0 bridgehead atoms. The van der Waals surface area contributed by atoms with Crippen LogP contribution in [-0.2, 0) is 18.3 Å². The maximum Gasteiger partial charge on any atom is 0.131 e. The number of aryl methyl sites for hydroxylation is 2. The first kappa shape index (κ1) is 14.3. The lowest BCUT2D eigenvalue weighted by Crippen LogP contribution is -2.34. The van der Waals surface area contributed by atoms with Crippen LogP contribution in [0.4, 0.5) is 5.82 Å². The fraction of sp³-hybridized carbons (Fsp3) is 0.786. The van der Waals surface area contributed by atoms with Crippen molar-refractivity contribution in [3.05, 3.63) is 11.3 Å². The van der Waals surface area contributed by atoms with Gasteiger partial charge in [-0.2, -0.15) is 5.10 Å². The van der Waals surface area contributed by atoms with E-state index in [4.69, 9.17) is 4.74 Å². The van der Waals surface area contributed by atoms with Crippen LogP contribution in [0, 0.1) is 6.92 Å². The highest BCUT2D eigenvalue weighted by molar-refractivity contribution is 5.50. The second kappa shape index (κ2) is 5.92. The summed E-state index contributed by atoms with van der Waals surface area (Å²) in [6.07, 6.45) is 1.10. The van der Waals surface area contributed by atoms with E-state index in [-0.39, 0.29) is 0 Å². The molecule has 19 heavy (non-hydrogen) atoms. The van der Waals surface area contributed by atoms with E-state index in [9.17, 15) is 0 Å². The summed E-state index contributed by atoms with van der Waals surface area (Å²) in [4.78, 5) is 2.32. The smallest absolute Gasteiger partial charge is 0.131 e. The summed E-state index contributed by atoms with van der Waals surface area (Å²) in [6.45, 7) is 8.97. The molecule has 0 aliphatic carbocycles. The summed E-state index contributed by atoms with van der Waals surface area (Å²) in [5.41, 5.74) is 2.40. The SMILES string of the molecule is Cc1nn(C)c(N(C)C2CCOC2)c1CNC(C)C. The van der Waals surface area contributed by atoms with Crippen LogP contribution in [0.5, 0.6) is 0 Å². The molecule has 1 N–H and O–H groups in total. The number of likely N-dealkylation sites (N-methyl/N-ethyl adjacent to an activating group) is 1. The normalized spacial score (nSPS) is 19.4. The number of hydrogen-bond acceptors (Lipinski definition) is 4. The zero-order valence-corrected chi connectivity index (χ0v) is 12.7. The number of anilines is 1. The summed E-state index contributed by atoms with van der Waals surface area (Å²) in [6, 6.07) is 0.945. The lowest BCUT2D eigenvalue weighted by Gasteiger charge is -2.26. The van der Waals surface area contributed by atoms with Gasteiger partial charge in [0.15, 0.2) is 0 Å². The Balaban J connectivity index is 2.22. The van der Waals surface area contributed by atoms with Crippen LogP contribution in [0.2, 0.25) is 0 Å². The van der Waals surface area contributed by atoms with Crippen molar-refractivity contribution in [3.63, 3.8) is 0 Å². The molecular formula is C14H26N4O. The van der Waals surface area contributed by atoms with E-state index >= 15 is 0 Å². The Hall–Kier alpha value is -1.07. The third-order valence-electron chi connectivity index (χ3n) is 3.79. The van der Waals surface area contributed by atoms with Crippen molar-refractivity contribution in [1.82, 2.24) is 15.1 Å². The van der Waals surface area contributed by atoms with E-state index in [1.54, 1.807) is 0 Å². The lowest BCUT2D eigenvalue weighted by molar-refractivity contribution is 0.193. The second-order valence-electron chi connectivity index (χ2n) is 5.68. The minimum Gasteiger partial charge on any atom is -0.379 e. The molecule has 5 heteroatoms. The highest BCUT2D eigenvalue weighted by atomic mass is 16.5. The number of aromatic nitrogens is 2. The molecule has 5 nitrogen and oxygen atoms in total. The molecule has 0 saturated carbocycles. The quantitative estimate of drug-likeness (QED) is 0.876. The predicted octanol–water partition coefficient (Wildman–Crippen LogP) is 1.45. The highest BCUT2D eigenvalue weighted by Crippen LogP contribution is 2.26. The Morgan fingerprint density at radius 3 is 2.84 bits per heavy atom. The van der Waals surface area contributed by atoms with Crippen LogP contribution in [0.1, 0.15) is 31.5 Å². The predicted molar refractivity (Wildman–Crippen MR) is 77.5 cm³/mol. The molecule has 0 spiro atoms. The summed E-state index contributed by atoms with van der Waals surface area (Å²) in [5.74, 6) is 1.21. The molecule has 1 aromatic rings. The Labute approximate surface area is 115 Å². The molecule has 1 unspecified atom stereocenters. The zero-order valence-electron chi connectivity index (χ0n) is 12.7. The molecule has 1 saturated heterocycles. The summed E-state index contributed by atoms with van der Waals surface area (Å²) in [5, 5.41) is 8.07. The van der Waals surface area contributed by atoms with Crippen molar-refractivity contribution in [3.8, 4) is 0 Å². The Morgan fingerprint density at radius 2 is 2.26 bits per heavy atom. The van der Waals surface area contributed by atoms with Gasteiger partial charge in [-0.15, -0.1) is 0 Å². The van der Waals surface area contributed by atoms with Crippen LogP contribution >= 0.6 is 0 Å². The summed E-state index contributed by atoms with van der Waals surface area (Å²) < 4.78 is 7.49. The van der Waals surface area contributed by atoms with Gasteiger partial charge < -0.3 is 15.0 Å². The number of nitrogens with one attached hydrogen (secondary N) is 1. The average Bonchev–Trinajstić information content (AvgIpc) is 2.94. The van der Waals surface area contributed by atoms with Crippen LogP contribution in [0.25, 0.3) is 0 Å².